The second-order valence-corrected chi connectivity index (χ2v) is 9.27. The van der Waals surface area contributed by atoms with E-state index in [4.69, 9.17) is 9.47 Å². The molecule has 0 bridgehead atoms. The van der Waals surface area contributed by atoms with Crippen LogP contribution >= 0.6 is 12.4 Å². The third-order valence-electron chi connectivity index (χ3n) is 5.36. The summed E-state index contributed by atoms with van der Waals surface area (Å²) in [4.78, 5) is 11.5. The van der Waals surface area contributed by atoms with Crippen LogP contribution in [0.25, 0.3) is 0 Å². The smallest absolute Gasteiger partial charge is 0.262 e. The predicted octanol–water partition coefficient (Wildman–Crippen LogP) is 1.60. The van der Waals surface area contributed by atoms with Crippen molar-refractivity contribution in [2.24, 2.45) is 5.92 Å². The second-order valence-electron chi connectivity index (χ2n) is 7.37. The largest absolute Gasteiger partial charge is 0.495 e. The SMILES string of the molecule is COc1cc2c(cc1S(=O)(=O)N1CCC(NCC3CC3)CC1)OCC(=O)N2.Cl. The molecule has 156 valence electrons. The molecule has 1 saturated carbocycles. The Labute approximate surface area is 171 Å². The number of hydrogen-bond donors (Lipinski definition) is 2. The van der Waals surface area contributed by atoms with Gasteiger partial charge in [-0.15, -0.1) is 12.4 Å². The number of amides is 1. The van der Waals surface area contributed by atoms with Crippen LogP contribution in [0.1, 0.15) is 25.7 Å². The summed E-state index contributed by atoms with van der Waals surface area (Å²) in [6, 6.07) is 3.32. The fourth-order valence-electron chi connectivity index (χ4n) is 3.54. The summed E-state index contributed by atoms with van der Waals surface area (Å²) in [7, 11) is -2.29. The number of ether oxygens (including phenoxy) is 2. The van der Waals surface area contributed by atoms with Gasteiger partial charge in [0, 0.05) is 31.3 Å². The van der Waals surface area contributed by atoms with Gasteiger partial charge in [0.15, 0.2) is 6.61 Å². The Hall–Kier alpha value is -1.55. The van der Waals surface area contributed by atoms with Crippen molar-refractivity contribution < 1.29 is 22.7 Å². The van der Waals surface area contributed by atoms with E-state index in [1.165, 1.54) is 36.4 Å². The summed E-state index contributed by atoms with van der Waals surface area (Å²) in [6.07, 6.45) is 4.21. The van der Waals surface area contributed by atoms with Gasteiger partial charge in [-0.25, -0.2) is 8.42 Å². The molecule has 2 aliphatic heterocycles. The van der Waals surface area contributed by atoms with E-state index in [9.17, 15) is 13.2 Å². The molecule has 1 saturated heterocycles. The molecule has 0 spiro atoms. The first kappa shape index (κ1) is 21.2. The molecule has 0 atom stereocenters. The molecule has 4 rings (SSSR count). The van der Waals surface area contributed by atoms with E-state index >= 15 is 0 Å². The van der Waals surface area contributed by atoms with Gasteiger partial charge in [0.2, 0.25) is 10.0 Å². The standard InChI is InChI=1S/C18H25N3O5S.ClH/c1-25-16-8-14-15(26-11-18(22)20-14)9-17(16)27(23,24)21-6-4-13(5-7-21)19-10-12-2-3-12;/h8-9,12-13,19H,2-7,10-11H2,1H3,(H,20,22);1H. The third-order valence-corrected chi connectivity index (χ3v) is 7.28. The average molecular weight is 432 g/mol. The monoisotopic (exact) mass is 431 g/mol. The van der Waals surface area contributed by atoms with Crippen molar-refractivity contribution >= 4 is 34.0 Å². The molecule has 1 aromatic rings. The minimum Gasteiger partial charge on any atom is -0.495 e. The van der Waals surface area contributed by atoms with Crippen molar-refractivity contribution in [3.05, 3.63) is 12.1 Å². The van der Waals surface area contributed by atoms with Crippen molar-refractivity contribution in [3.8, 4) is 11.5 Å². The van der Waals surface area contributed by atoms with Crippen LogP contribution in [0.5, 0.6) is 11.5 Å². The number of nitrogens with one attached hydrogen (secondary N) is 2. The molecule has 2 heterocycles. The number of hydrogen-bond acceptors (Lipinski definition) is 6. The summed E-state index contributed by atoms with van der Waals surface area (Å²) in [5, 5.41) is 6.22. The van der Waals surface area contributed by atoms with Crippen molar-refractivity contribution in [2.75, 3.05) is 38.7 Å². The van der Waals surface area contributed by atoms with Crippen LogP contribution in [-0.2, 0) is 14.8 Å². The zero-order chi connectivity index (χ0) is 19.0. The fraction of sp³-hybridized carbons (Fsp3) is 0.611. The fourth-order valence-corrected chi connectivity index (χ4v) is 5.17. The highest BCUT2D eigenvalue weighted by Crippen LogP contribution is 2.38. The minimum absolute atomic E-state index is 0. The molecule has 0 radical (unpaired) electrons. The second kappa shape index (κ2) is 8.44. The van der Waals surface area contributed by atoms with Crippen LogP contribution in [0.15, 0.2) is 17.0 Å². The van der Waals surface area contributed by atoms with Gasteiger partial charge >= 0.3 is 0 Å². The van der Waals surface area contributed by atoms with E-state index in [-0.39, 0.29) is 35.6 Å². The van der Waals surface area contributed by atoms with Gasteiger partial charge in [-0.3, -0.25) is 4.79 Å². The molecular formula is C18H26ClN3O5S. The molecule has 1 aliphatic carbocycles. The lowest BCUT2D eigenvalue weighted by Gasteiger charge is -2.32. The Morgan fingerprint density at radius 3 is 2.61 bits per heavy atom. The zero-order valence-corrected chi connectivity index (χ0v) is 17.4. The Kier molecular flexibility index (Phi) is 6.38. The van der Waals surface area contributed by atoms with Gasteiger partial charge in [-0.05, 0) is 38.1 Å². The van der Waals surface area contributed by atoms with E-state index in [0.29, 0.717) is 30.6 Å². The van der Waals surface area contributed by atoms with Crippen LogP contribution in [0.4, 0.5) is 5.69 Å². The van der Waals surface area contributed by atoms with Crippen LogP contribution in [-0.4, -0.2) is 58.0 Å². The van der Waals surface area contributed by atoms with Gasteiger partial charge in [-0.2, -0.15) is 4.31 Å². The molecule has 0 aromatic heterocycles. The van der Waals surface area contributed by atoms with Crippen molar-refractivity contribution in [3.63, 3.8) is 0 Å². The highest BCUT2D eigenvalue weighted by molar-refractivity contribution is 7.89. The molecule has 1 aromatic carbocycles. The number of methoxy groups -OCH3 is 1. The van der Waals surface area contributed by atoms with Crippen molar-refractivity contribution in [2.45, 2.75) is 36.6 Å². The van der Waals surface area contributed by atoms with E-state index in [1.54, 1.807) is 0 Å². The zero-order valence-electron chi connectivity index (χ0n) is 15.8. The number of halogens is 1. The van der Waals surface area contributed by atoms with E-state index < -0.39 is 10.0 Å². The summed E-state index contributed by atoms with van der Waals surface area (Å²) in [5.74, 6) is 1.08. The molecule has 10 heteroatoms. The van der Waals surface area contributed by atoms with E-state index in [2.05, 4.69) is 10.6 Å². The van der Waals surface area contributed by atoms with Crippen molar-refractivity contribution in [1.29, 1.82) is 0 Å². The Morgan fingerprint density at radius 1 is 1.25 bits per heavy atom. The molecular weight excluding hydrogens is 406 g/mol. The van der Waals surface area contributed by atoms with E-state index in [0.717, 1.165) is 25.3 Å². The number of benzene rings is 1. The molecule has 0 unspecified atom stereocenters. The van der Waals surface area contributed by atoms with Crippen LogP contribution in [0.2, 0.25) is 0 Å². The number of piperidine rings is 1. The lowest BCUT2D eigenvalue weighted by Crippen LogP contribution is -2.45. The highest BCUT2D eigenvalue weighted by Gasteiger charge is 2.34. The van der Waals surface area contributed by atoms with Crippen molar-refractivity contribution in [1.82, 2.24) is 9.62 Å². The Morgan fingerprint density at radius 2 is 1.96 bits per heavy atom. The summed E-state index contributed by atoms with van der Waals surface area (Å²) in [5.41, 5.74) is 0.421. The van der Waals surface area contributed by atoms with Crippen LogP contribution < -0.4 is 20.1 Å². The summed E-state index contributed by atoms with van der Waals surface area (Å²) < 4.78 is 38.5. The maximum Gasteiger partial charge on any atom is 0.262 e. The number of carbonyl (C=O) groups excluding carboxylic acids is 1. The number of rotatable bonds is 6. The Balaban J connectivity index is 0.00000225. The molecule has 2 fully saturated rings. The molecule has 2 N–H and O–H groups in total. The minimum atomic E-state index is -3.71. The van der Waals surface area contributed by atoms with Gasteiger partial charge < -0.3 is 20.1 Å². The molecule has 28 heavy (non-hydrogen) atoms. The van der Waals surface area contributed by atoms with Gasteiger partial charge in [0.1, 0.15) is 16.4 Å². The number of fused-ring (bicyclic) bond motifs is 1. The Bertz CT molecular complexity index is 836. The predicted molar refractivity (Wildman–Crippen MR) is 107 cm³/mol. The average Bonchev–Trinajstić information content (AvgIpc) is 3.50. The van der Waals surface area contributed by atoms with Gasteiger partial charge in [0.05, 0.1) is 12.8 Å². The number of carbonyl (C=O) groups is 1. The molecule has 3 aliphatic rings. The molecule has 8 nitrogen and oxygen atoms in total. The quantitative estimate of drug-likeness (QED) is 0.710. The lowest BCUT2D eigenvalue weighted by atomic mass is 10.1. The topological polar surface area (TPSA) is 97.0 Å². The third kappa shape index (κ3) is 4.37. The first-order chi connectivity index (χ1) is 13.0. The maximum absolute atomic E-state index is 13.2. The number of sulfonamides is 1. The van der Waals surface area contributed by atoms with Gasteiger partial charge in [0.25, 0.3) is 5.91 Å². The summed E-state index contributed by atoms with van der Waals surface area (Å²) in [6.45, 7) is 1.86. The molecule has 1 amide bonds. The first-order valence-electron chi connectivity index (χ1n) is 9.35. The van der Waals surface area contributed by atoms with Gasteiger partial charge in [-0.1, -0.05) is 0 Å². The number of nitrogens with zero attached hydrogens (tertiary/aromatic N) is 1. The summed E-state index contributed by atoms with van der Waals surface area (Å²) >= 11 is 0. The lowest BCUT2D eigenvalue weighted by molar-refractivity contribution is -0.118. The maximum atomic E-state index is 13.2. The first-order valence-corrected chi connectivity index (χ1v) is 10.8. The number of anilines is 1. The normalized spacial score (nSPS) is 20.5. The van der Waals surface area contributed by atoms with Crippen LogP contribution in [0, 0.1) is 5.92 Å². The van der Waals surface area contributed by atoms with Crippen LogP contribution in [0.3, 0.4) is 0 Å². The highest BCUT2D eigenvalue weighted by atomic mass is 35.5. The van der Waals surface area contributed by atoms with E-state index in [1.807, 2.05) is 0 Å².